The van der Waals surface area contributed by atoms with Crippen LogP contribution in [0.15, 0.2) is 18.2 Å². The molecule has 0 atom stereocenters. The molecule has 0 aliphatic heterocycles. The fourth-order valence-electron chi connectivity index (χ4n) is 1.09. The van der Waals surface area contributed by atoms with Crippen molar-refractivity contribution in [3.63, 3.8) is 0 Å². The number of ether oxygens (including phenoxy) is 1. The van der Waals surface area contributed by atoms with E-state index in [1.807, 2.05) is 0 Å². The van der Waals surface area contributed by atoms with Crippen LogP contribution in [0.25, 0.3) is 0 Å². The third kappa shape index (κ3) is 2.70. The lowest BCUT2D eigenvalue weighted by molar-refractivity contribution is -0.385. The third-order valence-corrected chi connectivity index (χ3v) is 1.63. The van der Waals surface area contributed by atoms with Crippen LogP contribution in [0.5, 0.6) is 5.75 Å². The fraction of sp³-hybridized carbons (Fsp3) is 0.333. The number of aryl methyl sites for hydroxylation is 1. The first-order valence-corrected chi connectivity index (χ1v) is 4.22. The highest BCUT2D eigenvalue weighted by Gasteiger charge is 2.08. The first kappa shape index (κ1) is 10.5. The van der Waals surface area contributed by atoms with E-state index >= 15 is 0 Å². The van der Waals surface area contributed by atoms with Gasteiger partial charge in [0.15, 0.2) is 0 Å². The number of rotatable bonds is 4. The first-order chi connectivity index (χ1) is 6.63. The van der Waals surface area contributed by atoms with Crippen molar-refractivity contribution in [1.82, 2.24) is 0 Å². The van der Waals surface area contributed by atoms with Crippen LogP contribution < -0.4 is 10.5 Å². The van der Waals surface area contributed by atoms with Gasteiger partial charge in [-0.15, -0.1) is 0 Å². The summed E-state index contributed by atoms with van der Waals surface area (Å²) in [5, 5.41) is 10.5. The molecule has 5 nitrogen and oxygen atoms in total. The molecule has 0 fully saturated rings. The van der Waals surface area contributed by atoms with Gasteiger partial charge in [0.25, 0.3) is 5.69 Å². The lowest BCUT2D eigenvalue weighted by Gasteiger charge is -2.04. The second-order valence-electron chi connectivity index (χ2n) is 2.90. The Morgan fingerprint density at radius 2 is 2.21 bits per heavy atom. The monoisotopic (exact) mass is 196 g/mol. The number of benzene rings is 1. The predicted octanol–water partition coefficient (Wildman–Crippen LogP) is 1.24. The molecule has 0 saturated heterocycles. The maximum Gasteiger partial charge on any atom is 0.273 e. The van der Waals surface area contributed by atoms with E-state index in [0.717, 1.165) is 5.56 Å². The number of nitro groups is 1. The van der Waals surface area contributed by atoms with Crippen molar-refractivity contribution in [3.05, 3.63) is 33.9 Å². The number of nitrogens with two attached hydrogens (primary N) is 1. The Kier molecular flexibility index (Phi) is 3.41. The summed E-state index contributed by atoms with van der Waals surface area (Å²) >= 11 is 0. The molecule has 1 aromatic carbocycles. The lowest BCUT2D eigenvalue weighted by Crippen LogP contribution is -2.10. The third-order valence-electron chi connectivity index (χ3n) is 1.63. The summed E-state index contributed by atoms with van der Waals surface area (Å²) < 4.78 is 5.20. The van der Waals surface area contributed by atoms with Crippen LogP contribution in [0.3, 0.4) is 0 Å². The van der Waals surface area contributed by atoms with Crippen LogP contribution in [-0.4, -0.2) is 18.1 Å². The minimum Gasteiger partial charge on any atom is -0.492 e. The molecule has 2 N–H and O–H groups in total. The zero-order valence-corrected chi connectivity index (χ0v) is 7.90. The van der Waals surface area contributed by atoms with Crippen molar-refractivity contribution < 1.29 is 9.66 Å². The molecule has 0 bridgehead atoms. The fourth-order valence-corrected chi connectivity index (χ4v) is 1.09. The van der Waals surface area contributed by atoms with E-state index in [9.17, 15) is 10.1 Å². The minimum atomic E-state index is -0.442. The van der Waals surface area contributed by atoms with Crippen molar-refractivity contribution in [2.45, 2.75) is 6.92 Å². The molecule has 0 saturated carbocycles. The highest BCUT2D eigenvalue weighted by atomic mass is 16.6. The zero-order chi connectivity index (χ0) is 10.6. The van der Waals surface area contributed by atoms with Crippen molar-refractivity contribution in [1.29, 1.82) is 0 Å². The molecule has 0 amide bonds. The van der Waals surface area contributed by atoms with E-state index in [1.54, 1.807) is 13.0 Å². The van der Waals surface area contributed by atoms with Crippen LogP contribution in [-0.2, 0) is 0 Å². The molecular weight excluding hydrogens is 184 g/mol. The first-order valence-electron chi connectivity index (χ1n) is 4.22. The zero-order valence-electron chi connectivity index (χ0n) is 7.90. The summed E-state index contributed by atoms with van der Waals surface area (Å²) in [6.45, 7) is 2.53. The summed E-state index contributed by atoms with van der Waals surface area (Å²) in [5.74, 6) is 0.488. The van der Waals surface area contributed by atoms with Crippen molar-refractivity contribution in [2.75, 3.05) is 13.2 Å². The van der Waals surface area contributed by atoms with Gasteiger partial charge in [0.2, 0.25) is 0 Å². The number of nitrogens with zero attached hydrogens (tertiary/aromatic N) is 1. The Hall–Kier alpha value is -1.62. The Morgan fingerprint density at radius 3 is 2.79 bits per heavy atom. The van der Waals surface area contributed by atoms with E-state index in [-0.39, 0.29) is 5.69 Å². The quantitative estimate of drug-likeness (QED) is 0.580. The molecule has 0 radical (unpaired) electrons. The molecule has 0 unspecified atom stereocenters. The average Bonchev–Trinajstić information content (AvgIpc) is 2.14. The Morgan fingerprint density at radius 1 is 1.50 bits per heavy atom. The predicted molar refractivity (Wildman–Crippen MR) is 52.4 cm³/mol. The van der Waals surface area contributed by atoms with Gasteiger partial charge in [0.05, 0.1) is 11.0 Å². The van der Waals surface area contributed by atoms with Crippen LogP contribution >= 0.6 is 0 Å². The molecule has 0 aliphatic carbocycles. The van der Waals surface area contributed by atoms with Gasteiger partial charge in [0.1, 0.15) is 12.4 Å². The van der Waals surface area contributed by atoms with Gasteiger partial charge in [-0.1, -0.05) is 0 Å². The van der Waals surface area contributed by atoms with Crippen molar-refractivity contribution in [2.24, 2.45) is 5.73 Å². The summed E-state index contributed by atoms with van der Waals surface area (Å²) in [6, 6.07) is 4.63. The number of non-ortho nitro benzene ring substituents is 1. The normalized spacial score (nSPS) is 9.86. The lowest BCUT2D eigenvalue weighted by atomic mass is 10.2. The Labute approximate surface area is 81.6 Å². The second-order valence-corrected chi connectivity index (χ2v) is 2.90. The van der Waals surface area contributed by atoms with Gasteiger partial charge in [-0.05, 0) is 18.6 Å². The summed E-state index contributed by atoms with van der Waals surface area (Å²) in [5.41, 5.74) is 6.09. The van der Waals surface area contributed by atoms with Crippen LogP contribution in [0.1, 0.15) is 5.56 Å². The second kappa shape index (κ2) is 4.57. The van der Waals surface area contributed by atoms with E-state index in [4.69, 9.17) is 10.5 Å². The largest absolute Gasteiger partial charge is 0.492 e. The number of nitro benzene ring substituents is 1. The molecule has 0 aliphatic rings. The van der Waals surface area contributed by atoms with Crippen LogP contribution in [0, 0.1) is 17.0 Å². The Bertz CT molecular complexity index is 339. The van der Waals surface area contributed by atoms with Gasteiger partial charge in [0, 0.05) is 12.6 Å². The van der Waals surface area contributed by atoms with Crippen molar-refractivity contribution in [3.8, 4) is 5.75 Å². The molecule has 0 heterocycles. The maximum atomic E-state index is 10.5. The topological polar surface area (TPSA) is 78.4 Å². The maximum absolute atomic E-state index is 10.5. The van der Waals surface area contributed by atoms with Crippen LogP contribution in [0.2, 0.25) is 0 Å². The Balaban J connectivity index is 2.89. The molecule has 1 aromatic rings. The smallest absolute Gasteiger partial charge is 0.273 e. The van der Waals surface area contributed by atoms with Gasteiger partial charge >= 0.3 is 0 Å². The average molecular weight is 196 g/mol. The SMILES string of the molecule is Cc1cc(OCCN)cc([N+](=O)[O-])c1. The molecule has 5 heteroatoms. The summed E-state index contributed by atoms with van der Waals surface area (Å²) in [7, 11) is 0. The van der Waals surface area contributed by atoms with E-state index in [0.29, 0.717) is 18.9 Å². The molecule has 76 valence electrons. The number of hydrogen-bond donors (Lipinski definition) is 1. The molecule has 14 heavy (non-hydrogen) atoms. The van der Waals surface area contributed by atoms with E-state index in [2.05, 4.69) is 0 Å². The molecule has 0 aromatic heterocycles. The summed E-state index contributed by atoms with van der Waals surface area (Å²) in [4.78, 5) is 10.1. The highest BCUT2D eigenvalue weighted by molar-refractivity contribution is 5.42. The van der Waals surface area contributed by atoms with Gasteiger partial charge in [-0.2, -0.15) is 0 Å². The van der Waals surface area contributed by atoms with Crippen molar-refractivity contribution >= 4 is 5.69 Å². The molecule has 0 spiro atoms. The van der Waals surface area contributed by atoms with Crippen LogP contribution in [0.4, 0.5) is 5.69 Å². The molecular formula is C9H12N2O3. The van der Waals surface area contributed by atoms with E-state index in [1.165, 1.54) is 12.1 Å². The van der Waals surface area contributed by atoms with E-state index < -0.39 is 4.92 Å². The highest BCUT2D eigenvalue weighted by Crippen LogP contribution is 2.21. The number of hydrogen-bond acceptors (Lipinski definition) is 4. The standard InChI is InChI=1S/C9H12N2O3/c1-7-4-8(11(12)13)6-9(5-7)14-3-2-10/h4-6H,2-3,10H2,1H3. The van der Waals surface area contributed by atoms with Gasteiger partial charge in [-0.3, -0.25) is 10.1 Å². The van der Waals surface area contributed by atoms with Gasteiger partial charge < -0.3 is 10.5 Å². The minimum absolute atomic E-state index is 0.0389. The molecule has 1 rings (SSSR count). The summed E-state index contributed by atoms with van der Waals surface area (Å²) in [6.07, 6.45) is 0. The van der Waals surface area contributed by atoms with Gasteiger partial charge in [-0.25, -0.2) is 0 Å².